The Morgan fingerprint density at radius 1 is 1.08 bits per heavy atom. The topological polar surface area (TPSA) is 121 Å². The lowest BCUT2D eigenvalue weighted by molar-refractivity contribution is -0.122. The van der Waals surface area contributed by atoms with Gasteiger partial charge < -0.3 is 21.3 Å². The van der Waals surface area contributed by atoms with E-state index in [2.05, 4.69) is 58.1 Å². The molecule has 0 radical (unpaired) electrons. The van der Waals surface area contributed by atoms with Crippen molar-refractivity contribution in [1.29, 1.82) is 0 Å². The van der Waals surface area contributed by atoms with Gasteiger partial charge in [0, 0.05) is 29.0 Å². The SMILES string of the molecule is CC(C)(C)c1cccc(Nc2nc(Nc3ccc4c(c3)CC(=O)NC43CC3)ncc2C(=O)NC2CC2)n1. The van der Waals surface area contributed by atoms with Crippen molar-refractivity contribution in [2.75, 3.05) is 10.6 Å². The number of rotatable bonds is 6. The number of aromatic nitrogens is 3. The number of hydrogen-bond acceptors (Lipinski definition) is 7. The second-order valence-electron chi connectivity index (χ2n) is 11.3. The van der Waals surface area contributed by atoms with Crippen molar-refractivity contribution < 1.29 is 9.59 Å². The van der Waals surface area contributed by atoms with Crippen LogP contribution >= 0.6 is 0 Å². The Balaban J connectivity index is 1.30. The number of anilines is 4. The van der Waals surface area contributed by atoms with Gasteiger partial charge in [-0.1, -0.05) is 32.9 Å². The number of carbonyl (C=O) groups excluding carboxylic acids is 2. The van der Waals surface area contributed by atoms with E-state index in [-0.39, 0.29) is 28.8 Å². The smallest absolute Gasteiger partial charge is 0.256 e. The Morgan fingerprint density at radius 3 is 2.62 bits per heavy atom. The van der Waals surface area contributed by atoms with E-state index in [1.54, 1.807) is 0 Å². The summed E-state index contributed by atoms with van der Waals surface area (Å²) in [7, 11) is 0. The standard InChI is InChI=1S/C28H31N7O2/c1-27(2,3)21-5-4-6-22(32-21)33-24-19(25(37)30-17-7-8-17)15-29-26(34-24)31-18-9-10-20-16(13-18)14-23(36)35-28(20)11-12-28/h4-6,9-10,13,15,17H,7-8,11-12,14H2,1-3H3,(H,30,37)(H,35,36)(H2,29,31,32,33,34). The van der Waals surface area contributed by atoms with Gasteiger partial charge in [0.1, 0.15) is 17.2 Å². The van der Waals surface area contributed by atoms with E-state index < -0.39 is 0 Å². The van der Waals surface area contributed by atoms with Crippen molar-refractivity contribution in [3.05, 3.63) is 65.0 Å². The van der Waals surface area contributed by atoms with Crippen LogP contribution in [0.4, 0.5) is 23.3 Å². The highest BCUT2D eigenvalue weighted by atomic mass is 16.2. The Hall–Kier alpha value is -4.01. The maximum Gasteiger partial charge on any atom is 0.256 e. The molecule has 6 rings (SSSR count). The highest BCUT2D eigenvalue weighted by Gasteiger charge is 2.49. The molecule has 1 spiro atoms. The number of amides is 2. The lowest BCUT2D eigenvalue weighted by atomic mass is 9.91. The van der Waals surface area contributed by atoms with Gasteiger partial charge in [-0.05, 0) is 61.1 Å². The van der Waals surface area contributed by atoms with Crippen LogP contribution in [0.3, 0.4) is 0 Å². The van der Waals surface area contributed by atoms with Crippen molar-refractivity contribution in [2.24, 2.45) is 0 Å². The molecule has 2 aliphatic carbocycles. The molecule has 3 heterocycles. The van der Waals surface area contributed by atoms with Crippen molar-refractivity contribution in [2.45, 2.75) is 69.9 Å². The van der Waals surface area contributed by atoms with E-state index in [4.69, 9.17) is 4.98 Å². The summed E-state index contributed by atoms with van der Waals surface area (Å²) in [5, 5.41) is 12.6. The van der Waals surface area contributed by atoms with Gasteiger partial charge in [-0.15, -0.1) is 0 Å². The molecule has 4 N–H and O–H groups in total. The molecule has 2 saturated carbocycles. The van der Waals surface area contributed by atoms with Gasteiger partial charge in [-0.3, -0.25) is 9.59 Å². The minimum absolute atomic E-state index is 0.0564. The summed E-state index contributed by atoms with van der Waals surface area (Å²) < 4.78 is 0. The maximum atomic E-state index is 13.0. The zero-order valence-corrected chi connectivity index (χ0v) is 21.3. The molecule has 2 amide bonds. The monoisotopic (exact) mass is 497 g/mol. The van der Waals surface area contributed by atoms with Crippen LogP contribution in [0.5, 0.6) is 0 Å². The summed E-state index contributed by atoms with van der Waals surface area (Å²) in [5.74, 6) is 1.17. The highest BCUT2D eigenvalue weighted by molar-refractivity contribution is 5.99. The average Bonchev–Trinajstić information content (AvgIpc) is 3.77. The minimum Gasteiger partial charge on any atom is -0.349 e. The number of benzene rings is 1. The van der Waals surface area contributed by atoms with Gasteiger partial charge in [0.05, 0.1) is 12.0 Å². The van der Waals surface area contributed by atoms with Crippen LogP contribution in [0.15, 0.2) is 42.6 Å². The molecule has 0 unspecified atom stereocenters. The molecule has 9 nitrogen and oxygen atoms in total. The third kappa shape index (κ3) is 4.85. The average molecular weight is 498 g/mol. The highest BCUT2D eigenvalue weighted by Crippen LogP contribution is 2.49. The summed E-state index contributed by atoms with van der Waals surface area (Å²) in [5.41, 5.74) is 4.00. The van der Waals surface area contributed by atoms with Crippen molar-refractivity contribution >= 4 is 35.1 Å². The molecule has 9 heteroatoms. The Labute approximate surface area is 215 Å². The number of hydrogen-bond donors (Lipinski definition) is 4. The predicted molar refractivity (Wildman–Crippen MR) is 141 cm³/mol. The molecule has 0 saturated heterocycles. The van der Waals surface area contributed by atoms with Gasteiger partial charge >= 0.3 is 0 Å². The fourth-order valence-corrected chi connectivity index (χ4v) is 4.72. The first-order chi connectivity index (χ1) is 17.7. The Kier molecular flexibility index (Phi) is 5.40. The fourth-order valence-electron chi connectivity index (χ4n) is 4.72. The van der Waals surface area contributed by atoms with Gasteiger partial charge in [0.2, 0.25) is 11.9 Å². The van der Waals surface area contributed by atoms with E-state index in [9.17, 15) is 9.59 Å². The quantitative estimate of drug-likeness (QED) is 0.403. The molecule has 37 heavy (non-hydrogen) atoms. The summed E-state index contributed by atoms with van der Waals surface area (Å²) in [6.07, 6.45) is 5.82. The molecule has 0 bridgehead atoms. The molecule has 3 aromatic rings. The first-order valence-electron chi connectivity index (χ1n) is 12.8. The second kappa shape index (κ2) is 8.54. The first kappa shape index (κ1) is 23.4. The van der Waals surface area contributed by atoms with Gasteiger partial charge in [0.15, 0.2) is 0 Å². The largest absolute Gasteiger partial charge is 0.349 e. The van der Waals surface area contributed by atoms with Crippen molar-refractivity contribution in [1.82, 2.24) is 25.6 Å². The Bertz CT molecular complexity index is 1400. The maximum absolute atomic E-state index is 13.0. The minimum atomic E-state index is -0.210. The normalized spacial score (nSPS) is 17.5. The fraction of sp³-hybridized carbons (Fsp3) is 0.393. The van der Waals surface area contributed by atoms with E-state index in [1.165, 1.54) is 11.8 Å². The van der Waals surface area contributed by atoms with Crippen LogP contribution in [0.2, 0.25) is 0 Å². The van der Waals surface area contributed by atoms with Gasteiger partial charge in [-0.25, -0.2) is 9.97 Å². The number of nitrogens with zero attached hydrogens (tertiary/aromatic N) is 3. The van der Waals surface area contributed by atoms with Crippen LogP contribution in [-0.2, 0) is 22.2 Å². The third-order valence-corrected chi connectivity index (χ3v) is 7.07. The predicted octanol–water partition coefficient (Wildman–Crippen LogP) is 4.21. The van der Waals surface area contributed by atoms with Crippen LogP contribution in [0.25, 0.3) is 0 Å². The van der Waals surface area contributed by atoms with Crippen LogP contribution in [0, 0.1) is 0 Å². The molecule has 2 fully saturated rings. The second-order valence-corrected chi connectivity index (χ2v) is 11.3. The lowest BCUT2D eigenvalue weighted by Gasteiger charge is -2.27. The van der Waals surface area contributed by atoms with Gasteiger partial charge in [0.25, 0.3) is 5.91 Å². The number of fused-ring (bicyclic) bond motifs is 2. The summed E-state index contributed by atoms with van der Waals surface area (Å²) in [4.78, 5) is 39.0. The zero-order chi connectivity index (χ0) is 25.8. The first-order valence-corrected chi connectivity index (χ1v) is 12.8. The lowest BCUT2D eigenvalue weighted by Crippen LogP contribution is -2.41. The number of nitrogens with one attached hydrogen (secondary N) is 4. The van der Waals surface area contributed by atoms with Crippen LogP contribution in [-0.4, -0.2) is 32.8 Å². The number of pyridine rings is 1. The molecule has 0 atom stereocenters. The molecule has 1 aromatic carbocycles. The molecule has 3 aliphatic rings. The Morgan fingerprint density at radius 2 is 1.89 bits per heavy atom. The van der Waals surface area contributed by atoms with Crippen molar-refractivity contribution in [3.63, 3.8) is 0 Å². The third-order valence-electron chi connectivity index (χ3n) is 7.07. The van der Waals surface area contributed by atoms with Crippen molar-refractivity contribution in [3.8, 4) is 0 Å². The number of carbonyl (C=O) groups is 2. The summed E-state index contributed by atoms with van der Waals surface area (Å²) >= 11 is 0. The van der Waals surface area contributed by atoms with Crippen LogP contribution < -0.4 is 21.3 Å². The summed E-state index contributed by atoms with van der Waals surface area (Å²) in [6.45, 7) is 6.31. The van der Waals surface area contributed by atoms with Crippen LogP contribution in [0.1, 0.15) is 73.6 Å². The molecular weight excluding hydrogens is 466 g/mol. The van der Waals surface area contributed by atoms with E-state index in [0.717, 1.165) is 42.6 Å². The zero-order valence-electron chi connectivity index (χ0n) is 21.3. The van der Waals surface area contributed by atoms with Gasteiger partial charge in [-0.2, -0.15) is 4.98 Å². The molecule has 1 aliphatic heterocycles. The van der Waals surface area contributed by atoms with E-state index >= 15 is 0 Å². The summed E-state index contributed by atoms with van der Waals surface area (Å²) in [6, 6.07) is 12.0. The molecule has 190 valence electrons. The van der Waals surface area contributed by atoms with E-state index in [1.807, 2.05) is 30.3 Å². The van der Waals surface area contributed by atoms with E-state index in [0.29, 0.717) is 29.6 Å². The molecule has 2 aromatic heterocycles. The molecular formula is C28H31N7O2.